The summed E-state index contributed by atoms with van der Waals surface area (Å²) in [7, 11) is 1.43. The fourth-order valence-corrected chi connectivity index (χ4v) is 5.26. The van der Waals surface area contributed by atoms with Crippen LogP contribution in [-0.4, -0.2) is 24.6 Å². The van der Waals surface area contributed by atoms with E-state index in [1.165, 1.54) is 26.9 Å². The Kier molecular flexibility index (Phi) is 5.12. The van der Waals surface area contributed by atoms with Crippen molar-refractivity contribution in [2.24, 2.45) is 29.1 Å². The zero-order valence-electron chi connectivity index (χ0n) is 15.5. The molecule has 2 aliphatic rings. The summed E-state index contributed by atoms with van der Waals surface area (Å²) < 4.78 is 10.7. The number of rotatable bonds is 3. The third-order valence-electron chi connectivity index (χ3n) is 6.56. The van der Waals surface area contributed by atoms with Gasteiger partial charge in [-0.1, -0.05) is 20.8 Å². The van der Waals surface area contributed by atoms with Crippen molar-refractivity contribution in [3.05, 3.63) is 0 Å². The van der Waals surface area contributed by atoms with Crippen molar-refractivity contribution < 1.29 is 19.1 Å². The standard InChI is InChI=1S/C19H32O4/c1-12-7-9-18(3,4)14-8-10-19(5,23-13(2)20)15(17(12)14)11-16(21)22-6/h12,14-15,17H,7-11H2,1-6H3/t12-,14?,15?,17?,19?/m0/s1. The van der Waals surface area contributed by atoms with Gasteiger partial charge in [0.2, 0.25) is 0 Å². The smallest absolute Gasteiger partial charge is 0.305 e. The molecule has 2 fully saturated rings. The second kappa shape index (κ2) is 6.45. The molecule has 132 valence electrons. The first-order valence-corrected chi connectivity index (χ1v) is 8.87. The van der Waals surface area contributed by atoms with Crippen LogP contribution in [0.5, 0.6) is 0 Å². The number of ether oxygens (including phenoxy) is 2. The fraction of sp³-hybridized carbons (Fsp3) is 0.895. The van der Waals surface area contributed by atoms with Crippen LogP contribution in [0.25, 0.3) is 0 Å². The molecule has 0 aromatic rings. The number of hydrogen-bond donors (Lipinski definition) is 0. The normalized spacial score (nSPS) is 39.2. The van der Waals surface area contributed by atoms with E-state index in [0.29, 0.717) is 24.2 Å². The first-order chi connectivity index (χ1) is 10.6. The summed E-state index contributed by atoms with van der Waals surface area (Å²) in [6.07, 6.45) is 4.61. The van der Waals surface area contributed by atoms with E-state index >= 15 is 0 Å². The van der Waals surface area contributed by atoms with Crippen molar-refractivity contribution >= 4 is 11.9 Å². The molecule has 0 spiro atoms. The monoisotopic (exact) mass is 324 g/mol. The number of hydrogen-bond acceptors (Lipinski definition) is 4. The van der Waals surface area contributed by atoms with Crippen molar-refractivity contribution in [2.75, 3.05) is 7.11 Å². The van der Waals surface area contributed by atoms with Gasteiger partial charge in [-0.3, -0.25) is 9.59 Å². The van der Waals surface area contributed by atoms with Gasteiger partial charge in [-0.05, 0) is 55.8 Å². The van der Waals surface area contributed by atoms with E-state index in [0.717, 1.165) is 12.8 Å². The van der Waals surface area contributed by atoms with Crippen LogP contribution in [0.3, 0.4) is 0 Å². The fourth-order valence-electron chi connectivity index (χ4n) is 5.26. The van der Waals surface area contributed by atoms with Crippen LogP contribution in [0.2, 0.25) is 0 Å². The molecular formula is C19H32O4. The predicted molar refractivity (Wildman–Crippen MR) is 88.7 cm³/mol. The second-order valence-corrected chi connectivity index (χ2v) is 8.52. The summed E-state index contributed by atoms with van der Waals surface area (Å²) in [6.45, 7) is 10.4. The van der Waals surface area contributed by atoms with Crippen LogP contribution in [0, 0.1) is 29.1 Å². The van der Waals surface area contributed by atoms with Gasteiger partial charge in [0.05, 0.1) is 13.5 Å². The maximum atomic E-state index is 12.0. The molecule has 23 heavy (non-hydrogen) atoms. The zero-order valence-corrected chi connectivity index (χ0v) is 15.5. The highest BCUT2D eigenvalue weighted by Crippen LogP contribution is 2.58. The molecule has 5 atom stereocenters. The van der Waals surface area contributed by atoms with E-state index in [2.05, 4.69) is 20.8 Å². The topological polar surface area (TPSA) is 52.6 Å². The molecule has 0 aromatic carbocycles. The molecule has 0 bridgehead atoms. The van der Waals surface area contributed by atoms with Crippen LogP contribution in [0.4, 0.5) is 0 Å². The van der Waals surface area contributed by atoms with Crippen molar-refractivity contribution in [1.82, 2.24) is 0 Å². The molecule has 4 unspecified atom stereocenters. The zero-order chi connectivity index (χ0) is 17.4. The SMILES string of the molecule is COC(=O)CC1C2C(CCC1(C)OC(C)=O)C(C)(C)CC[C@@H]2C. The van der Waals surface area contributed by atoms with Gasteiger partial charge in [-0.15, -0.1) is 0 Å². The van der Waals surface area contributed by atoms with E-state index in [1.807, 2.05) is 6.92 Å². The Morgan fingerprint density at radius 2 is 1.78 bits per heavy atom. The largest absolute Gasteiger partial charge is 0.469 e. The summed E-state index contributed by atoms with van der Waals surface area (Å²) in [5.41, 5.74) is -0.286. The molecule has 4 nitrogen and oxygen atoms in total. The van der Waals surface area contributed by atoms with E-state index in [9.17, 15) is 9.59 Å². The summed E-state index contributed by atoms with van der Waals surface area (Å²) in [4.78, 5) is 23.7. The Hall–Kier alpha value is -1.06. The second-order valence-electron chi connectivity index (χ2n) is 8.52. The van der Waals surface area contributed by atoms with Crippen LogP contribution < -0.4 is 0 Å². The van der Waals surface area contributed by atoms with Gasteiger partial charge in [-0.2, -0.15) is 0 Å². The molecule has 0 N–H and O–H groups in total. The molecule has 2 rings (SSSR count). The highest BCUT2D eigenvalue weighted by Gasteiger charge is 2.55. The number of methoxy groups -OCH3 is 1. The minimum absolute atomic E-state index is 0.0344. The number of carbonyl (C=O) groups excluding carboxylic acids is 2. The van der Waals surface area contributed by atoms with E-state index < -0.39 is 5.60 Å². The molecule has 4 heteroatoms. The molecule has 2 saturated carbocycles. The van der Waals surface area contributed by atoms with Gasteiger partial charge < -0.3 is 9.47 Å². The summed E-state index contributed by atoms with van der Waals surface area (Å²) in [5, 5.41) is 0. The number of fused-ring (bicyclic) bond motifs is 1. The summed E-state index contributed by atoms with van der Waals surface area (Å²) >= 11 is 0. The van der Waals surface area contributed by atoms with Gasteiger partial charge in [0.1, 0.15) is 5.60 Å². The first kappa shape index (κ1) is 18.3. The van der Waals surface area contributed by atoms with Gasteiger partial charge in [-0.25, -0.2) is 0 Å². The van der Waals surface area contributed by atoms with Gasteiger partial charge in [0.15, 0.2) is 0 Å². The molecular weight excluding hydrogens is 292 g/mol. The Morgan fingerprint density at radius 3 is 2.35 bits per heavy atom. The highest BCUT2D eigenvalue weighted by atomic mass is 16.6. The van der Waals surface area contributed by atoms with Gasteiger partial charge in [0, 0.05) is 12.8 Å². The molecule has 0 aromatic heterocycles. The average molecular weight is 324 g/mol. The van der Waals surface area contributed by atoms with Crippen molar-refractivity contribution in [2.45, 2.75) is 72.3 Å². The van der Waals surface area contributed by atoms with Gasteiger partial charge in [0.25, 0.3) is 0 Å². The minimum Gasteiger partial charge on any atom is -0.469 e. The lowest BCUT2D eigenvalue weighted by atomic mass is 9.49. The van der Waals surface area contributed by atoms with Gasteiger partial charge >= 0.3 is 11.9 Å². The summed E-state index contributed by atoms with van der Waals surface area (Å²) in [5.74, 6) is 1.08. The third kappa shape index (κ3) is 3.56. The molecule has 0 aliphatic heterocycles. The lowest BCUT2D eigenvalue weighted by Crippen LogP contribution is -2.56. The Bertz CT molecular complexity index is 470. The quantitative estimate of drug-likeness (QED) is 0.737. The molecule has 0 amide bonds. The van der Waals surface area contributed by atoms with Crippen LogP contribution in [-0.2, 0) is 19.1 Å². The summed E-state index contributed by atoms with van der Waals surface area (Å²) in [6, 6.07) is 0. The Morgan fingerprint density at radius 1 is 1.13 bits per heavy atom. The lowest BCUT2D eigenvalue weighted by Gasteiger charge is -2.57. The minimum atomic E-state index is -0.567. The number of esters is 2. The highest BCUT2D eigenvalue weighted by molar-refractivity contribution is 5.70. The van der Waals surface area contributed by atoms with Crippen molar-refractivity contribution in [3.63, 3.8) is 0 Å². The number of carbonyl (C=O) groups is 2. The first-order valence-electron chi connectivity index (χ1n) is 8.87. The van der Waals surface area contributed by atoms with Crippen LogP contribution in [0.1, 0.15) is 66.7 Å². The molecule has 0 radical (unpaired) electrons. The van der Waals surface area contributed by atoms with Crippen LogP contribution in [0.15, 0.2) is 0 Å². The predicted octanol–water partition coefficient (Wildman–Crippen LogP) is 3.97. The van der Waals surface area contributed by atoms with Crippen LogP contribution >= 0.6 is 0 Å². The van der Waals surface area contributed by atoms with E-state index in [-0.39, 0.29) is 23.3 Å². The maximum Gasteiger partial charge on any atom is 0.305 e. The Labute approximate surface area is 140 Å². The van der Waals surface area contributed by atoms with E-state index in [4.69, 9.17) is 9.47 Å². The average Bonchev–Trinajstić information content (AvgIpc) is 2.44. The Balaban J connectivity index is 2.38. The third-order valence-corrected chi connectivity index (χ3v) is 6.56. The molecule has 2 aliphatic carbocycles. The lowest BCUT2D eigenvalue weighted by molar-refractivity contribution is -0.188. The molecule has 0 heterocycles. The maximum absolute atomic E-state index is 12.0. The van der Waals surface area contributed by atoms with Crippen molar-refractivity contribution in [1.29, 1.82) is 0 Å². The van der Waals surface area contributed by atoms with E-state index in [1.54, 1.807) is 0 Å². The molecule has 0 saturated heterocycles. The van der Waals surface area contributed by atoms with Crippen molar-refractivity contribution in [3.8, 4) is 0 Å².